The molecule has 10 rings (SSSR count). The summed E-state index contributed by atoms with van der Waals surface area (Å²) in [4.78, 5) is 10.4. The zero-order valence-corrected chi connectivity index (χ0v) is 27.8. The molecule has 3 heterocycles. The molecule has 0 saturated heterocycles. The summed E-state index contributed by atoms with van der Waals surface area (Å²) in [5, 5.41) is 3.67. The van der Waals surface area contributed by atoms with Gasteiger partial charge in [0.25, 0.3) is 0 Å². The lowest BCUT2D eigenvalue weighted by Crippen LogP contribution is -1.93. The van der Waals surface area contributed by atoms with E-state index in [-0.39, 0.29) is 0 Å². The van der Waals surface area contributed by atoms with Crippen molar-refractivity contribution in [3.05, 3.63) is 176 Å². The molecule has 3 nitrogen and oxygen atoms in total. The van der Waals surface area contributed by atoms with Gasteiger partial charge in [-0.3, -0.25) is 0 Å². The van der Waals surface area contributed by atoms with E-state index < -0.39 is 0 Å². The van der Waals surface area contributed by atoms with Crippen LogP contribution in [0.5, 0.6) is 0 Å². The molecule has 0 N–H and O–H groups in total. The largest absolute Gasteiger partial charge is 0.309 e. The van der Waals surface area contributed by atoms with Gasteiger partial charge in [0.2, 0.25) is 0 Å². The number of para-hydroxylation sites is 2. The number of nitrogens with zero attached hydrogens (tertiary/aromatic N) is 3. The molecule has 0 unspecified atom stereocenters. The maximum absolute atomic E-state index is 5.21. The normalized spacial score (nSPS) is 11.6. The number of rotatable bonds is 5. The highest BCUT2D eigenvalue weighted by Crippen LogP contribution is 2.44. The van der Waals surface area contributed by atoms with Gasteiger partial charge in [-0.25, -0.2) is 9.97 Å². The smallest absolute Gasteiger partial charge is 0.160 e. The summed E-state index contributed by atoms with van der Waals surface area (Å²) in [6, 6.07) is 62.5. The van der Waals surface area contributed by atoms with Crippen molar-refractivity contribution in [1.82, 2.24) is 14.5 Å². The molecule has 0 aliphatic carbocycles. The third-order valence-electron chi connectivity index (χ3n) is 9.62. The predicted octanol–water partition coefficient (Wildman–Crippen LogP) is 12.6. The third kappa shape index (κ3) is 4.57. The standard InChI is InChI=1S/C46H29N3S/c1-4-15-30(16-5-1)42-45-43(48-46(47-42)31-17-6-2-7-18-31)38-26-13-25-36(44(38)50-45)33-20-12-19-32(29-33)35-24-14-28-40-41(35)37-23-10-11-27-39(37)49(40)34-21-8-3-9-22-34/h1-29H. The van der Waals surface area contributed by atoms with Gasteiger partial charge in [-0.2, -0.15) is 0 Å². The Balaban J connectivity index is 1.18. The Hall–Kier alpha value is -6.36. The van der Waals surface area contributed by atoms with Crippen LogP contribution in [0.25, 0.3) is 92.7 Å². The van der Waals surface area contributed by atoms with Gasteiger partial charge in [0.05, 0.1) is 26.9 Å². The fourth-order valence-corrected chi connectivity index (χ4v) is 8.66. The van der Waals surface area contributed by atoms with Crippen LogP contribution >= 0.6 is 11.3 Å². The van der Waals surface area contributed by atoms with E-state index >= 15 is 0 Å². The minimum atomic E-state index is 0.742. The first-order valence-corrected chi connectivity index (χ1v) is 17.7. The highest BCUT2D eigenvalue weighted by Gasteiger charge is 2.20. The van der Waals surface area contributed by atoms with Crippen molar-refractivity contribution in [2.24, 2.45) is 0 Å². The first kappa shape index (κ1) is 28.6. The highest BCUT2D eigenvalue weighted by molar-refractivity contribution is 7.26. The van der Waals surface area contributed by atoms with Gasteiger partial charge < -0.3 is 4.57 Å². The second kappa shape index (κ2) is 11.7. The lowest BCUT2D eigenvalue weighted by atomic mass is 9.95. The van der Waals surface area contributed by atoms with Gasteiger partial charge in [0.15, 0.2) is 5.82 Å². The average Bonchev–Trinajstić information content (AvgIpc) is 3.75. The first-order chi connectivity index (χ1) is 24.8. The van der Waals surface area contributed by atoms with E-state index in [0.717, 1.165) is 43.9 Å². The summed E-state index contributed by atoms with van der Waals surface area (Å²) in [5.41, 5.74) is 12.4. The second-order valence-corrected chi connectivity index (χ2v) is 13.6. The quantitative estimate of drug-likeness (QED) is 0.185. The molecule has 3 aromatic heterocycles. The van der Waals surface area contributed by atoms with Crippen LogP contribution < -0.4 is 0 Å². The van der Waals surface area contributed by atoms with Gasteiger partial charge in [0.1, 0.15) is 0 Å². The van der Waals surface area contributed by atoms with Crippen LogP contribution in [0.15, 0.2) is 176 Å². The Morgan fingerprint density at radius 3 is 1.80 bits per heavy atom. The summed E-state index contributed by atoms with van der Waals surface area (Å²) in [7, 11) is 0. The Morgan fingerprint density at radius 1 is 0.420 bits per heavy atom. The molecule has 0 spiro atoms. The van der Waals surface area contributed by atoms with Crippen molar-refractivity contribution in [2.45, 2.75) is 0 Å². The summed E-state index contributed by atoms with van der Waals surface area (Å²) in [5.74, 6) is 0.742. The molecule has 0 aliphatic heterocycles. The van der Waals surface area contributed by atoms with Crippen LogP contribution in [-0.2, 0) is 0 Å². The average molecular weight is 656 g/mol. The Morgan fingerprint density at radius 2 is 1.00 bits per heavy atom. The van der Waals surface area contributed by atoms with Crippen molar-refractivity contribution in [3.8, 4) is 50.6 Å². The topological polar surface area (TPSA) is 30.7 Å². The van der Waals surface area contributed by atoms with Crippen molar-refractivity contribution < 1.29 is 0 Å². The second-order valence-electron chi connectivity index (χ2n) is 12.6. The van der Waals surface area contributed by atoms with Crippen LogP contribution in [0.4, 0.5) is 0 Å². The Labute approximate surface area is 293 Å². The number of fused-ring (bicyclic) bond motifs is 6. The van der Waals surface area contributed by atoms with Crippen molar-refractivity contribution >= 4 is 53.4 Å². The number of hydrogen-bond donors (Lipinski definition) is 0. The highest BCUT2D eigenvalue weighted by atomic mass is 32.1. The van der Waals surface area contributed by atoms with Gasteiger partial charge in [-0.05, 0) is 52.6 Å². The van der Waals surface area contributed by atoms with Crippen molar-refractivity contribution in [3.63, 3.8) is 0 Å². The van der Waals surface area contributed by atoms with Gasteiger partial charge in [-0.15, -0.1) is 11.3 Å². The van der Waals surface area contributed by atoms with Gasteiger partial charge in [-0.1, -0.05) is 146 Å². The molecule has 10 aromatic rings. The summed E-state index contributed by atoms with van der Waals surface area (Å²) >= 11 is 1.79. The molecule has 0 aliphatic rings. The van der Waals surface area contributed by atoms with E-state index in [1.807, 2.05) is 18.2 Å². The fourth-order valence-electron chi connectivity index (χ4n) is 7.37. The maximum atomic E-state index is 5.21. The van der Waals surface area contributed by atoms with Crippen molar-refractivity contribution in [2.75, 3.05) is 0 Å². The van der Waals surface area contributed by atoms with Crippen LogP contribution in [0.1, 0.15) is 0 Å². The fraction of sp³-hybridized carbons (Fsp3) is 0. The minimum absolute atomic E-state index is 0.742. The Bertz CT molecular complexity index is 2850. The summed E-state index contributed by atoms with van der Waals surface area (Å²) in [6.07, 6.45) is 0. The van der Waals surface area contributed by atoms with E-state index in [9.17, 15) is 0 Å². The summed E-state index contributed by atoms with van der Waals surface area (Å²) < 4.78 is 4.70. The molecule has 4 heteroatoms. The number of aromatic nitrogens is 3. The third-order valence-corrected chi connectivity index (χ3v) is 10.9. The van der Waals surface area contributed by atoms with E-state index in [0.29, 0.717) is 0 Å². The molecule has 0 bridgehead atoms. The van der Waals surface area contributed by atoms with Crippen molar-refractivity contribution in [1.29, 1.82) is 0 Å². The lowest BCUT2D eigenvalue weighted by molar-refractivity contribution is 1.18. The van der Waals surface area contributed by atoms with Crippen LogP contribution in [0.3, 0.4) is 0 Å². The molecule has 0 saturated carbocycles. The molecule has 7 aromatic carbocycles. The monoisotopic (exact) mass is 655 g/mol. The lowest BCUT2D eigenvalue weighted by Gasteiger charge is -2.10. The predicted molar refractivity (Wildman–Crippen MR) is 211 cm³/mol. The summed E-state index contributed by atoms with van der Waals surface area (Å²) in [6.45, 7) is 0. The Kier molecular flexibility index (Phi) is 6.68. The molecule has 234 valence electrons. The van der Waals surface area contributed by atoms with E-state index in [4.69, 9.17) is 9.97 Å². The number of thiophene rings is 1. The van der Waals surface area contributed by atoms with Gasteiger partial charge in [0, 0.05) is 37.7 Å². The van der Waals surface area contributed by atoms with Crippen LogP contribution in [-0.4, -0.2) is 14.5 Å². The molecule has 0 fully saturated rings. The molecular weight excluding hydrogens is 627 g/mol. The van der Waals surface area contributed by atoms with E-state index in [1.54, 1.807) is 11.3 Å². The van der Waals surface area contributed by atoms with Crippen LogP contribution in [0.2, 0.25) is 0 Å². The molecule has 50 heavy (non-hydrogen) atoms. The first-order valence-electron chi connectivity index (χ1n) is 16.8. The van der Waals surface area contributed by atoms with E-state index in [2.05, 4.69) is 162 Å². The minimum Gasteiger partial charge on any atom is -0.309 e. The van der Waals surface area contributed by atoms with E-state index in [1.165, 1.54) is 48.8 Å². The molecule has 0 radical (unpaired) electrons. The molecule has 0 amide bonds. The number of hydrogen-bond acceptors (Lipinski definition) is 3. The zero-order valence-electron chi connectivity index (χ0n) is 27.0. The molecule has 0 atom stereocenters. The van der Waals surface area contributed by atoms with Crippen LogP contribution in [0, 0.1) is 0 Å². The number of benzene rings is 7. The maximum Gasteiger partial charge on any atom is 0.160 e. The molecular formula is C46H29N3S. The SMILES string of the molecule is c1ccc(-c2nc(-c3ccccc3)c3sc4c(-c5cccc(-c6cccc7c6c6ccccc6n7-c6ccccc6)c5)cccc4c3n2)cc1. The zero-order chi connectivity index (χ0) is 33.0. The van der Waals surface area contributed by atoms with Gasteiger partial charge >= 0.3 is 0 Å².